The number of hydrogen-bond donors (Lipinski definition) is 1. The van der Waals surface area contributed by atoms with E-state index in [0.29, 0.717) is 48.7 Å². The van der Waals surface area contributed by atoms with Crippen molar-refractivity contribution in [2.24, 2.45) is 0 Å². The molecular formula is C25H25N5O3S. The number of hydrogen-bond acceptors (Lipinski definition) is 6. The van der Waals surface area contributed by atoms with Crippen LogP contribution in [0.1, 0.15) is 27.0 Å². The number of aryl methyl sites for hydroxylation is 1. The molecule has 3 aromatic rings. The zero-order valence-corrected chi connectivity index (χ0v) is 19.6. The lowest BCUT2D eigenvalue weighted by Gasteiger charge is -2.35. The van der Waals surface area contributed by atoms with Crippen LogP contribution in [-0.2, 0) is 16.6 Å². The van der Waals surface area contributed by atoms with Gasteiger partial charge in [-0.25, -0.2) is 18.1 Å². The zero-order chi connectivity index (χ0) is 24.1. The molecule has 1 aromatic heterocycles. The van der Waals surface area contributed by atoms with E-state index in [9.17, 15) is 18.5 Å². The number of anilines is 1. The molecule has 0 aliphatic carbocycles. The minimum atomic E-state index is -3.80. The van der Waals surface area contributed by atoms with E-state index in [1.54, 1.807) is 42.3 Å². The van der Waals surface area contributed by atoms with Crippen molar-refractivity contribution < 1.29 is 13.2 Å². The Labute approximate surface area is 199 Å². The molecule has 0 spiro atoms. The summed E-state index contributed by atoms with van der Waals surface area (Å²) in [5, 5.41) is 9.32. The van der Waals surface area contributed by atoms with Gasteiger partial charge in [0.2, 0.25) is 10.0 Å². The SMILES string of the molecule is Cc1ccc(C(=O)N2CCN(c3ncccc3C#N)CC2)cc1S(=O)(=O)NCc1ccccc1. The van der Waals surface area contributed by atoms with Gasteiger partial charge in [0.1, 0.15) is 11.9 Å². The second-order valence-corrected chi connectivity index (χ2v) is 9.79. The lowest BCUT2D eigenvalue weighted by atomic mass is 10.1. The molecule has 9 heteroatoms. The highest BCUT2D eigenvalue weighted by atomic mass is 32.2. The summed E-state index contributed by atoms with van der Waals surface area (Å²) in [6.07, 6.45) is 1.65. The molecule has 0 saturated carbocycles. The predicted octanol–water partition coefficient (Wildman–Crippen LogP) is 2.70. The first kappa shape index (κ1) is 23.4. The van der Waals surface area contributed by atoms with E-state index in [1.807, 2.05) is 35.2 Å². The van der Waals surface area contributed by atoms with Crippen molar-refractivity contribution in [3.63, 3.8) is 0 Å². The van der Waals surface area contributed by atoms with Gasteiger partial charge in [-0.2, -0.15) is 5.26 Å². The summed E-state index contributed by atoms with van der Waals surface area (Å²) in [6.45, 7) is 3.84. The molecule has 0 radical (unpaired) electrons. The number of amides is 1. The molecule has 174 valence electrons. The van der Waals surface area contributed by atoms with E-state index < -0.39 is 10.0 Å². The fourth-order valence-corrected chi connectivity index (χ4v) is 5.20. The molecule has 8 nitrogen and oxygen atoms in total. The minimum absolute atomic E-state index is 0.0973. The quantitative estimate of drug-likeness (QED) is 0.588. The number of nitriles is 1. The summed E-state index contributed by atoms with van der Waals surface area (Å²) in [7, 11) is -3.80. The van der Waals surface area contributed by atoms with Crippen molar-refractivity contribution >= 4 is 21.7 Å². The van der Waals surface area contributed by atoms with Gasteiger partial charge >= 0.3 is 0 Å². The van der Waals surface area contributed by atoms with Gasteiger partial charge in [-0.3, -0.25) is 4.79 Å². The van der Waals surface area contributed by atoms with E-state index in [2.05, 4.69) is 15.8 Å². The van der Waals surface area contributed by atoms with Crippen molar-refractivity contribution in [2.45, 2.75) is 18.4 Å². The van der Waals surface area contributed by atoms with Crippen LogP contribution in [0.15, 0.2) is 71.8 Å². The Bertz CT molecular complexity index is 1330. The topological polar surface area (TPSA) is 106 Å². The van der Waals surface area contributed by atoms with Crippen LogP contribution in [0.2, 0.25) is 0 Å². The molecule has 2 aromatic carbocycles. The van der Waals surface area contributed by atoms with Crippen LogP contribution in [0, 0.1) is 18.3 Å². The van der Waals surface area contributed by atoms with Gasteiger partial charge < -0.3 is 9.80 Å². The Kier molecular flexibility index (Phi) is 6.91. The van der Waals surface area contributed by atoms with E-state index in [0.717, 1.165) is 5.56 Å². The highest BCUT2D eigenvalue weighted by Gasteiger charge is 2.26. The van der Waals surface area contributed by atoms with Gasteiger partial charge in [0.15, 0.2) is 0 Å². The first-order chi connectivity index (χ1) is 16.4. The maximum atomic E-state index is 13.2. The van der Waals surface area contributed by atoms with Crippen LogP contribution >= 0.6 is 0 Å². The first-order valence-corrected chi connectivity index (χ1v) is 12.4. The van der Waals surface area contributed by atoms with Gasteiger partial charge in [0.25, 0.3) is 5.91 Å². The number of pyridine rings is 1. The van der Waals surface area contributed by atoms with E-state index >= 15 is 0 Å². The third kappa shape index (κ3) is 5.09. The fraction of sp³-hybridized carbons (Fsp3) is 0.240. The van der Waals surface area contributed by atoms with E-state index in [4.69, 9.17) is 0 Å². The summed E-state index contributed by atoms with van der Waals surface area (Å²) in [5.41, 5.74) is 2.25. The Morgan fingerprint density at radius 2 is 1.79 bits per heavy atom. The second kappa shape index (κ2) is 10.0. The third-order valence-corrected chi connectivity index (χ3v) is 7.35. The summed E-state index contributed by atoms with van der Waals surface area (Å²) in [5.74, 6) is 0.394. The molecule has 1 aliphatic rings. The molecule has 1 fully saturated rings. The smallest absolute Gasteiger partial charge is 0.254 e. The number of piperazine rings is 1. The van der Waals surface area contributed by atoms with Crippen LogP contribution in [0.25, 0.3) is 0 Å². The normalized spacial score (nSPS) is 14.0. The maximum absolute atomic E-state index is 13.2. The molecule has 0 unspecified atom stereocenters. The van der Waals surface area contributed by atoms with Gasteiger partial charge in [-0.1, -0.05) is 36.4 Å². The minimum Gasteiger partial charge on any atom is -0.352 e. The lowest BCUT2D eigenvalue weighted by Crippen LogP contribution is -2.49. The molecule has 1 amide bonds. The van der Waals surface area contributed by atoms with Gasteiger partial charge in [0.05, 0.1) is 10.5 Å². The number of carbonyl (C=O) groups excluding carboxylic acids is 1. The molecule has 4 rings (SSSR count). The Morgan fingerprint density at radius 3 is 2.50 bits per heavy atom. The van der Waals surface area contributed by atoms with Crippen molar-refractivity contribution in [2.75, 3.05) is 31.1 Å². The van der Waals surface area contributed by atoms with Gasteiger partial charge in [-0.05, 0) is 42.3 Å². The molecule has 34 heavy (non-hydrogen) atoms. The Balaban J connectivity index is 1.46. The number of nitrogens with zero attached hydrogens (tertiary/aromatic N) is 4. The lowest BCUT2D eigenvalue weighted by molar-refractivity contribution is 0.0746. The number of benzene rings is 2. The first-order valence-electron chi connectivity index (χ1n) is 10.9. The van der Waals surface area contributed by atoms with E-state index in [-0.39, 0.29) is 17.3 Å². The monoisotopic (exact) mass is 475 g/mol. The summed E-state index contributed by atoms with van der Waals surface area (Å²) < 4.78 is 28.5. The van der Waals surface area contributed by atoms with Gasteiger partial charge in [0, 0.05) is 44.5 Å². The zero-order valence-electron chi connectivity index (χ0n) is 18.8. The number of rotatable bonds is 6. The molecule has 1 N–H and O–H groups in total. The number of nitrogens with one attached hydrogen (secondary N) is 1. The molecule has 1 saturated heterocycles. The van der Waals surface area contributed by atoms with Crippen molar-refractivity contribution in [1.82, 2.24) is 14.6 Å². The highest BCUT2D eigenvalue weighted by Crippen LogP contribution is 2.21. The van der Waals surface area contributed by atoms with Crippen molar-refractivity contribution in [1.29, 1.82) is 5.26 Å². The molecule has 0 atom stereocenters. The molecule has 1 aliphatic heterocycles. The molecule has 0 bridgehead atoms. The standard InChI is InChI=1S/C25H25N5O3S/c1-19-9-10-21(16-23(19)34(32,33)28-18-20-6-3-2-4-7-20)25(31)30-14-12-29(13-15-30)24-22(17-26)8-5-11-27-24/h2-11,16,28H,12-15,18H2,1H3. The fourth-order valence-electron chi connectivity index (χ4n) is 3.91. The van der Waals surface area contributed by atoms with Crippen LogP contribution in [0.3, 0.4) is 0 Å². The third-order valence-electron chi connectivity index (χ3n) is 5.81. The van der Waals surface area contributed by atoms with Crippen LogP contribution in [0.4, 0.5) is 5.82 Å². The second-order valence-electron chi connectivity index (χ2n) is 8.06. The highest BCUT2D eigenvalue weighted by molar-refractivity contribution is 7.89. The number of aromatic nitrogens is 1. The van der Waals surface area contributed by atoms with Crippen molar-refractivity contribution in [3.05, 3.63) is 89.1 Å². The summed E-state index contributed by atoms with van der Waals surface area (Å²) in [4.78, 5) is 21.3. The van der Waals surface area contributed by atoms with E-state index in [1.165, 1.54) is 6.07 Å². The Morgan fingerprint density at radius 1 is 1.06 bits per heavy atom. The molecular weight excluding hydrogens is 450 g/mol. The van der Waals surface area contributed by atoms with Crippen LogP contribution in [0.5, 0.6) is 0 Å². The average Bonchev–Trinajstić information content (AvgIpc) is 2.88. The Hall–Kier alpha value is -3.74. The largest absolute Gasteiger partial charge is 0.352 e. The maximum Gasteiger partial charge on any atom is 0.254 e. The van der Waals surface area contributed by atoms with Crippen LogP contribution in [-0.4, -0.2) is 50.4 Å². The number of sulfonamides is 1. The average molecular weight is 476 g/mol. The van der Waals surface area contributed by atoms with Crippen molar-refractivity contribution in [3.8, 4) is 6.07 Å². The molecule has 2 heterocycles. The summed E-state index contributed by atoms with van der Waals surface area (Å²) >= 11 is 0. The van der Waals surface area contributed by atoms with Gasteiger partial charge in [-0.15, -0.1) is 0 Å². The summed E-state index contributed by atoms with van der Waals surface area (Å²) in [6, 6.07) is 19.6. The predicted molar refractivity (Wildman–Crippen MR) is 129 cm³/mol. The van der Waals surface area contributed by atoms with Crippen LogP contribution < -0.4 is 9.62 Å². The number of carbonyl (C=O) groups is 1.